The number of anilines is 1. The first-order chi connectivity index (χ1) is 10.1. The van der Waals surface area contributed by atoms with E-state index in [2.05, 4.69) is 48.2 Å². The molecular formula is C13H19BrN6O. The Balaban J connectivity index is 2.45. The number of aryl methyl sites for hydroxylation is 1. The van der Waals surface area contributed by atoms with Gasteiger partial charge in [0.2, 0.25) is 5.95 Å². The quantitative estimate of drug-likeness (QED) is 0.858. The Morgan fingerprint density at radius 2 is 1.95 bits per heavy atom. The van der Waals surface area contributed by atoms with Crippen molar-refractivity contribution in [1.29, 1.82) is 0 Å². The predicted molar refractivity (Wildman–Crippen MR) is 84.1 cm³/mol. The Kier molecular flexibility index (Phi) is 5.11. The molecule has 2 rings (SSSR count). The van der Waals surface area contributed by atoms with Crippen molar-refractivity contribution in [3.63, 3.8) is 0 Å². The summed E-state index contributed by atoms with van der Waals surface area (Å²) in [7, 11) is 0. The fourth-order valence-electron chi connectivity index (χ4n) is 1.77. The Hall–Kier alpha value is -1.70. The van der Waals surface area contributed by atoms with Crippen LogP contribution in [0.2, 0.25) is 0 Å². The average Bonchev–Trinajstić information content (AvgIpc) is 2.73. The summed E-state index contributed by atoms with van der Waals surface area (Å²) in [5.74, 6) is 0.937. The van der Waals surface area contributed by atoms with Crippen LogP contribution in [-0.2, 0) is 0 Å². The lowest BCUT2D eigenvalue weighted by Crippen LogP contribution is -2.12. The van der Waals surface area contributed by atoms with Crippen LogP contribution in [0.15, 0.2) is 4.47 Å². The van der Waals surface area contributed by atoms with Gasteiger partial charge >= 0.3 is 6.01 Å². The Labute approximate surface area is 132 Å². The monoisotopic (exact) mass is 354 g/mol. The molecule has 0 saturated carbocycles. The van der Waals surface area contributed by atoms with Crippen LogP contribution in [0.25, 0.3) is 5.95 Å². The lowest BCUT2D eigenvalue weighted by atomic mass is 10.4. The molecule has 0 fully saturated rings. The van der Waals surface area contributed by atoms with Crippen molar-refractivity contribution in [2.24, 2.45) is 0 Å². The molecule has 2 aromatic heterocycles. The first-order valence-electron chi connectivity index (χ1n) is 6.91. The standard InChI is InChI=1S/C13H19BrN6O/c1-5-7-15-11-16-12(18-13(17-11)21-6-2)20-9(4)10(14)8(3)19-20/h5-7H2,1-4H3,(H,15,16,17,18). The van der Waals surface area contributed by atoms with E-state index >= 15 is 0 Å². The summed E-state index contributed by atoms with van der Waals surface area (Å²) >= 11 is 3.51. The maximum absolute atomic E-state index is 5.41. The van der Waals surface area contributed by atoms with Crippen LogP contribution in [0, 0.1) is 13.8 Å². The molecule has 0 unspecified atom stereocenters. The summed E-state index contributed by atoms with van der Waals surface area (Å²) in [4.78, 5) is 13.0. The number of aromatic nitrogens is 5. The second kappa shape index (κ2) is 6.84. The number of rotatable bonds is 6. The zero-order chi connectivity index (χ0) is 15.4. The number of nitrogens with one attached hydrogen (secondary N) is 1. The first-order valence-corrected chi connectivity index (χ1v) is 7.71. The third-order valence-electron chi connectivity index (χ3n) is 2.80. The summed E-state index contributed by atoms with van der Waals surface area (Å²) < 4.78 is 8.04. The molecule has 0 bridgehead atoms. The van der Waals surface area contributed by atoms with E-state index in [0.717, 1.165) is 28.8 Å². The van der Waals surface area contributed by atoms with Gasteiger partial charge in [-0.3, -0.25) is 0 Å². The zero-order valence-corrected chi connectivity index (χ0v) is 14.2. The van der Waals surface area contributed by atoms with Crippen molar-refractivity contribution in [3.05, 3.63) is 15.9 Å². The molecule has 2 aromatic rings. The molecule has 0 aliphatic carbocycles. The van der Waals surface area contributed by atoms with Crippen LogP contribution in [0.3, 0.4) is 0 Å². The van der Waals surface area contributed by atoms with Gasteiger partial charge in [0.15, 0.2) is 0 Å². The molecule has 0 saturated heterocycles. The lowest BCUT2D eigenvalue weighted by molar-refractivity contribution is 0.311. The second-order valence-electron chi connectivity index (χ2n) is 4.50. The van der Waals surface area contributed by atoms with Gasteiger partial charge in [-0.25, -0.2) is 4.68 Å². The predicted octanol–water partition coefficient (Wildman–Crippen LogP) is 2.66. The number of halogens is 1. The molecule has 0 aromatic carbocycles. The van der Waals surface area contributed by atoms with Crippen LogP contribution in [0.1, 0.15) is 31.7 Å². The molecule has 0 radical (unpaired) electrons. The second-order valence-corrected chi connectivity index (χ2v) is 5.29. The SMILES string of the molecule is CCCNc1nc(OCC)nc(-n2nc(C)c(Br)c2C)n1. The van der Waals surface area contributed by atoms with E-state index in [9.17, 15) is 0 Å². The van der Waals surface area contributed by atoms with Crippen molar-refractivity contribution in [3.8, 4) is 12.0 Å². The zero-order valence-electron chi connectivity index (χ0n) is 12.6. The van der Waals surface area contributed by atoms with Crippen molar-refractivity contribution < 1.29 is 4.74 Å². The third-order valence-corrected chi connectivity index (χ3v) is 3.95. The molecule has 21 heavy (non-hydrogen) atoms. The largest absolute Gasteiger partial charge is 0.464 e. The molecule has 0 atom stereocenters. The van der Waals surface area contributed by atoms with E-state index in [1.165, 1.54) is 0 Å². The van der Waals surface area contributed by atoms with Gasteiger partial charge in [0.05, 0.1) is 22.5 Å². The van der Waals surface area contributed by atoms with Crippen LogP contribution >= 0.6 is 15.9 Å². The van der Waals surface area contributed by atoms with Gasteiger partial charge in [-0.2, -0.15) is 20.1 Å². The van der Waals surface area contributed by atoms with Gasteiger partial charge in [-0.15, -0.1) is 0 Å². The molecule has 7 nitrogen and oxygen atoms in total. The van der Waals surface area contributed by atoms with Crippen molar-refractivity contribution >= 4 is 21.9 Å². The van der Waals surface area contributed by atoms with Crippen molar-refractivity contribution in [2.45, 2.75) is 34.1 Å². The molecule has 114 valence electrons. The number of hydrogen-bond donors (Lipinski definition) is 1. The van der Waals surface area contributed by atoms with Crippen molar-refractivity contribution in [2.75, 3.05) is 18.5 Å². The number of nitrogens with zero attached hydrogens (tertiary/aromatic N) is 5. The normalized spacial score (nSPS) is 10.7. The van der Waals surface area contributed by atoms with Crippen LogP contribution < -0.4 is 10.1 Å². The minimum absolute atomic E-state index is 0.296. The van der Waals surface area contributed by atoms with Crippen LogP contribution in [-0.4, -0.2) is 37.9 Å². The highest BCUT2D eigenvalue weighted by Crippen LogP contribution is 2.22. The molecular weight excluding hydrogens is 336 g/mol. The average molecular weight is 355 g/mol. The first kappa shape index (κ1) is 15.7. The van der Waals surface area contributed by atoms with Crippen LogP contribution in [0.4, 0.5) is 5.95 Å². The fraction of sp³-hybridized carbons (Fsp3) is 0.538. The summed E-state index contributed by atoms with van der Waals surface area (Å²) in [6.07, 6.45) is 0.983. The van der Waals surface area contributed by atoms with Gasteiger partial charge in [0, 0.05) is 6.54 Å². The molecule has 8 heteroatoms. The lowest BCUT2D eigenvalue weighted by Gasteiger charge is -2.09. The van der Waals surface area contributed by atoms with E-state index in [4.69, 9.17) is 4.74 Å². The highest BCUT2D eigenvalue weighted by atomic mass is 79.9. The van der Waals surface area contributed by atoms with Gasteiger partial charge in [0.25, 0.3) is 5.95 Å². The summed E-state index contributed by atoms with van der Waals surface area (Å²) in [6, 6.07) is 0.296. The van der Waals surface area contributed by atoms with Gasteiger partial charge < -0.3 is 10.1 Å². The molecule has 0 aliphatic rings. The molecule has 0 aliphatic heterocycles. The van der Waals surface area contributed by atoms with Gasteiger partial charge in [0.1, 0.15) is 0 Å². The topological polar surface area (TPSA) is 77.8 Å². The van der Waals surface area contributed by atoms with E-state index in [0.29, 0.717) is 24.5 Å². The fourth-order valence-corrected chi connectivity index (χ4v) is 2.02. The van der Waals surface area contributed by atoms with Crippen molar-refractivity contribution in [1.82, 2.24) is 24.7 Å². The minimum atomic E-state index is 0.296. The summed E-state index contributed by atoms with van der Waals surface area (Å²) in [5.41, 5.74) is 1.82. The summed E-state index contributed by atoms with van der Waals surface area (Å²) in [5, 5.41) is 7.59. The maximum Gasteiger partial charge on any atom is 0.323 e. The molecule has 0 amide bonds. The highest BCUT2D eigenvalue weighted by Gasteiger charge is 2.15. The molecule has 1 N–H and O–H groups in total. The number of hydrogen-bond acceptors (Lipinski definition) is 6. The molecule has 2 heterocycles. The number of ether oxygens (including phenoxy) is 1. The van der Waals surface area contributed by atoms with E-state index in [-0.39, 0.29) is 0 Å². The highest BCUT2D eigenvalue weighted by molar-refractivity contribution is 9.10. The van der Waals surface area contributed by atoms with E-state index in [1.807, 2.05) is 20.8 Å². The Morgan fingerprint density at radius 1 is 1.19 bits per heavy atom. The van der Waals surface area contributed by atoms with E-state index in [1.54, 1.807) is 4.68 Å². The maximum atomic E-state index is 5.41. The smallest absolute Gasteiger partial charge is 0.323 e. The Morgan fingerprint density at radius 3 is 2.52 bits per heavy atom. The minimum Gasteiger partial charge on any atom is -0.464 e. The van der Waals surface area contributed by atoms with E-state index < -0.39 is 0 Å². The van der Waals surface area contributed by atoms with Crippen LogP contribution in [0.5, 0.6) is 6.01 Å². The van der Waals surface area contributed by atoms with Gasteiger partial charge in [-0.05, 0) is 43.1 Å². The Bertz CT molecular complexity index is 627. The summed E-state index contributed by atoms with van der Waals surface area (Å²) in [6.45, 7) is 9.13. The molecule has 0 spiro atoms. The third kappa shape index (κ3) is 3.49. The van der Waals surface area contributed by atoms with Gasteiger partial charge in [-0.1, -0.05) is 6.92 Å².